The molecule has 1 saturated heterocycles. The highest BCUT2D eigenvalue weighted by atomic mass is 32.2. The Morgan fingerprint density at radius 1 is 1.64 bits per heavy atom. The highest BCUT2D eigenvalue weighted by Crippen LogP contribution is 2.26. The van der Waals surface area contributed by atoms with Gasteiger partial charge in [-0.3, -0.25) is 0 Å². The summed E-state index contributed by atoms with van der Waals surface area (Å²) >= 11 is 7.34. The lowest BCUT2D eigenvalue weighted by Crippen LogP contribution is -2.17. The van der Waals surface area contributed by atoms with E-state index in [0.717, 1.165) is 16.6 Å². The predicted octanol–water partition coefficient (Wildman–Crippen LogP) is 3.14. The first-order valence-corrected chi connectivity index (χ1v) is 6.59. The van der Waals surface area contributed by atoms with Gasteiger partial charge in [-0.25, -0.2) is 0 Å². The molecule has 0 radical (unpaired) electrons. The van der Waals surface area contributed by atoms with Crippen molar-refractivity contribution >= 4 is 24.0 Å². The maximum atomic E-state index is 5.24. The van der Waals surface area contributed by atoms with Crippen molar-refractivity contribution in [2.75, 3.05) is 5.75 Å². The molecular formula is C10H16N2S2. The first kappa shape index (κ1) is 10.3. The van der Waals surface area contributed by atoms with E-state index in [4.69, 9.17) is 12.2 Å². The van der Waals surface area contributed by atoms with Crippen molar-refractivity contribution in [3.8, 4) is 0 Å². The molecule has 1 aromatic heterocycles. The van der Waals surface area contributed by atoms with Crippen LogP contribution in [0.5, 0.6) is 0 Å². The molecular weight excluding hydrogens is 212 g/mol. The van der Waals surface area contributed by atoms with Crippen molar-refractivity contribution in [2.24, 2.45) is 0 Å². The number of imidazole rings is 1. The van der Waals surface area contributed by atoms with Crippen LogP contribution in [-0.4, -0.2) is 20.6 Å². The minimum atomic E-state index is 0.768. The van der Waals surface area contributed by atoms with Gasteiger partial charge in [0.05, 0.1) is 0 Å². The van der Waals surface area contributed by atoms with Crippen molar-refractivity contribution < 1.29 is 0 Å². The van der Waals surface area contributed by atoms with Crippen LogP contribution in [0.25, 0.3) is 0 Å². The minimum absolute atomic E-state index is 0.768. The van der Waals surface area contributed by atoms with E-state index in [9.17, 15) is 0 Å². The number of thioether (sulfide) groups is 1. The molecule has 14 heavy (non-hydrogen) atoms. The predicted molar refractivity (Wildman–Crippen MR) is 64.5 cm³/mol. The number of nitrogens with zero attached hydrogens (tertiary/aromatic N) is 1. The highest BCUT2D eigenvalue weighted by molar-refractivity contribution is 7.99. The Bertz CT molecular complexity index is 347. The molecule has 1 atom stereocenters. The van der Waals surface area contributed by atoms with Crippen LogP contribution in [0.3, 0.4) is 0 Å². The number of hydrogen-bond acceptors (Lipinski definition) is 2. The molecule has 1 aromatic rings. The summed E-state index contributed by atoms with van der Waals surface area (Å²) in [5.41, 5.74) is 1.25. The third-order valence-corrected chi connectivity index (χ3v) is 4.45. The van der Waals surface area contributed by atoms with Crippen LogP contribution in [0.1, 0.15) is 25.0 Å². The second kappa shape index (κ2) is 4.53. The zero-order chi connectivity index (χ0) is 9.97. The Morgan fingerprint density at radius 3 is 3.07 bits per heavy atom. The summed E-state index contributed by atoms with van der Waals surface area (Å²) in [6.07, 6.45) is 6.11. The minimum Gasteiger partial charge on any atom is -0.337 e. The summed E-state index contributed by atoms with van der Waals surface area (Å²) in [7, 11) is 0. The average molecular weight is 228 g/mol. The van der Waals surface area contributed by atoms with E-state index in [2.05, 4.69) is 28.2 Å². The average Bonchev–Trinajstić information content (AvgIpc) is 2.51. The molecule has 1 aliphatic heterocycles. The zero-order valence-electron chi connectivity index (χ0n) is 8.45. The first-order chi connectivity index (χ1) is 6.77. The topological polar surface area (TPSA) is 20.7 Å². The maximum Gasteiger partial charge on any atom is 0.177 e. The van der Waals surface area contributed by atoms with Gasteiger partial charge in [-0.15, -0.1) is 0 Å². The van der Waals surface area contributed by atoms with Gasteiger partial charge < -0.3 is 9.55 Å². The molecule has 78 valence electrons. The Balaban J connectivity index is 2.06. The van der Waals surface area contributed by atoms with E-state index in [1.54, 1.807) is 0 Å². The molecule has 1 aliphatic rings. The molecule has 0 aliphatic carbocycles. The van der Waals surface area contributed by atoms with E-state index in [1.165, 1.54) is 30.7 Å². The van der Waals surface area contributed by atoms with Crippen LogP contribution in [0.2, 0.25) is 0 Å². The fourth-order valence-electron chi connectivity index (χ4n) is 1.86. The number of H-pyrrole nitrogens is 1. The molecule has 2 rings (SSSR count). The summed E-state index contributed by atoms with van der Waals surface area (Å²) in [6.45, 7) is 3.19. The Morgan fingerprint density at radius 2 is 2.50 bits per heavy atom. The summed E-state index contributed by atoms with van der Waals surface area (Å²) in [4.78, 5) is 3.10. The molecule has 0 bridgehead atoms. The standard InChI is InChI=1S/C10H16N2S2/c1-8-6-11-10(13)12(8)7-9-4-2-3-5-14-9/h6,9H,2-5,7H2,1H3,(H,11,13). The normalized spacial score (nSPS) is 22.5. The molecule has 0 spiro atoms. The molecule has 2 heterocycles. The number of rotatable bonds is 2. The Hall–Kier alpha value is -0.220. The largest absolute Gasteiger partial charge is 0.337 e. The van der Waals surface area contributed by atoms with Crippen LogP contribution in [0.4, 0.5) is 0 Å². The van der Waals surface area contributed by atoms with E-state index < -0.39 is 0 Å². The van der Waals surface area contributed by atoms with Crippen molar-refractivity contribution in [3.05, 3.63) is 16.7 Å². The lowest BCUT2D eigenvalue weighted by atomic mass is 10.2. The van der Waals surface area contributed by atoms with Crippen LogP contribution in [0.15, 0.2) is 6.20 Å². The van der Waals surface area contributed by atoms with Crippen LogP contribution in [-0.2, 0) is 6.54 Å². The molecule has 2 nitrogen and oxygen atoms in total. The molecule has 0 aromatic carbocycles. The molecule has 0 amide bonds. The van der Waals surface area contributed by atoms with Gasteiger partial charge in [0, 0.05) is 23.7 Å². The summed E-state index contributed by atoms with van der Waals surface area (Å²) in [5.74, 6) is 1.32. The molecule has 0 saturated carbocycles. The number of aromatic amines is 1. The highest BCUT2D eigenvalue weighted by Gasteiger charge is 2.15. The smallest absolute Gasteiger partial charge is 0.177 e. The molecule has 4 heteroatoms. The fourth-order valence-corrected chi connectivity index (χ4v) is 3.43. The SMILES string of the molecule is Cc1c[nH]c(=S)n1CC1CCCCS1. The number of aromatic nitrogens is 2. The van der Waals surface area contributed by atoms with E-state index in [1.807, 2.05) is 6.20 Å². The lowest BCUT2D eigenvalue weighted by molar-refractivity contribution is 0.572. The van der Waals surface area contributed by atoms with Gasteiger partial charge in [0.2, 0.25) is 0 Å². The summed E-state index contributed by atoms with van der Waals surface area (Å²) in [6, 6.07) is 0. The fraction of sp³-hybridized carbons (Fsp3) is 0.700. The Kier molecular flexibility index (Phi) is 3.34. The monoisotopic (exact) mass is 228 g/mol. The first-order valence-electron chi connectivity index (χ1n) is 5.14. The third-order valence-electron chi connectivity index (χ3n) is 2.74. The molecule has 1 unspecified atom stereocenters. The van der Waals surface area contributed by atoms with Crippen molar-refractivity contribution in [1.82, 2.24) is 9.55 Å². The van der Waals surface area contributed by atoms with Crippen molar-refractivity contribution in [2.45, 2.75) is 38.0 Å². The van der Waals surface area contributed by atoms with E-state index in [0.29, 0.717) is 0 Å². The number of nitrogens with one attached hydrogen (secondary N) is 1. The van der Waals surface area contributed by atoms with Gasteiger partial charge in [0.15, 0.2) is 4.77 Å². The van der Waals surface area contributed by atoms with Crippen molar-refractivity contribution in [1.29, 1.82) is 0 Å². The number of hydrogen-bond donors (Lipinski definition) is 1. The second-order valence-corrected chi connectivity index (χ2v) is 5.63. The summed E-state index contributed by atoms with van der Waals surface area (Å²) in [5, 5.41) is 0.768. The second-order valence-electron chi connectivity index (χ2n) is 3.83. The van der Waals surface area contributed by atoms with Gasteiger partial charge in [-0.1, -0.05) is 6.42 Å². The van der Waals surface area contributed by atoms with E-state index in [-0.39, 0.29) is 0 Å². The van der Waals surface area contributed by atoms with Crippen LogP contribution in [0, 0.1) is 11.7 Å². The molecule has 1 fully saturated rings. The van der Waals surface area contributed by atoms with Crippen LogP contribution >= 0.6 is 24.0 Å². The van der Waals surface area contributed by atoms with Gasteiger partial charge >= 0.3 is 0 Å². The van der Waals surface area contributed by atoms with E-state index >= 15 is 0 Å². The quantitative estimate of drug-likeness (QED) is 0.785. The van der Waals surface area contributed by atoms with Gasteiger partial charge in [0.25, 0.3) is 0 Å². The van der Waals surface area contributed by atoms with Gasteiger partial charge in [-0.2, -0.15) is 11.8 Å². The van der Waals surface area contributed by atoms with Gasteiger partial charge in [0.1, 0.15) is 0 Å². The maximum absolute atomic E-state index is 5.24. The van der Waals surface area contributed by atoms with Crippen LogP contribution < -0.4 is 0 Å². The molecule has 1 N–H and O–H groups in total. The summed E-state index contributed by atoms with van der Waals surface area (Å²) < 4.78 is 3.09. The zero-order valence-corrected chi connectivity index (χ0v) is 10.1. The lowest BCUT2D eigenvalue weighted by Gasteiger charge is -2.22. The van der Waals surface area contributed by atoms with Gasteiger partial charge in [-0.05, 0) is 37.7 Å². The Labute approximate surface area is 94.1 Å². The third kappa shape index (κ3) is 2.23. The van der Waals surface area contributed by atoms with Crippen molar-refractivity contribution in [3.63, 3.8) is 0 Å². The number of aryl methyl sites for hydroxylation is 1.